The average Bonchev–Trinajstić information content (AvgIpc) is 2.99. The van der Waals surface area contributed by atoms with E-state index in [9.17, 15) is 4.55 Å². The van der Waals surface area contributed by atoms with Crippen molar-refractivity contribution in [1.82, 2.24) is 5.32 Å². The van der Waals surface area contributed by atoms with Crippen LogP contribution >= 0.6 is 12.2 Å². The van der Waals surface area contributed by atoms with Crippen LogP contribution in [0.15, 0.2) is 59.6 Å². The van der Waals surface area contributed by atoms with E-state index >= 15 is 0 Å². The quantitative estimate of drug-likeness (QED) is 0.590. The molecule has 6 heteroatoms. The number of hydrogen-bond donors (Lipinski definition) is 1. The molecule has 1 N–H and O–H groups in total. The Morgan fingerprint density at radius 3 is 2.52 bits per heavy atom. The predicted molar refractivity (Wildman–Crippen MR) is 119 cm³/mol. The van der Waals surface area contributed by atoms with Gasteiger partial charge in [0.05, 0.1) is 0 Å². The smallest absolute Gasteiger partial charge is 0.318 e. The lowest BCUT2D eigenvalue weighted by Crippen LogP contribution is -2.44. The normalized spacial score (nSPS) is 20.1. The molecule has 142 valence electrons. The number of nitrogens with one attached hydrogen (secondary N) is 1. The summed E-state index contributed by atoms with van der Waals surface area (Å²) < 4.78 is 13.1. The Bertz CT molecular complexity index is 840. The molecule has 0 spiro atoms. The molecule has 1 aliphatic heterocycles. The molecular weight excluding hydrogens is 374 g/mol. The van der Waals surface area contributed by atoms with Crippen LogP contribution in [0.1, 0.15) is 31.4 Å². The molecule has 0 amide bonds. The Morgan fingerprint density at radius 2 is 1.81 bits per heavy atom. The van der Waals surface area contributed by atoms with Crippen LogP contribution in [0, 0.1) is 0 Å². The van der Waals surface area contributed by atoms with Crippen LogP contribution in [0.2, 0.25) is 0 Å². The molecule has 27 heavy (non-hydrogen) atoms. The number of rotatable bonds is 6. The molecule has 0 fully saturated rings. The minimum Gasteiger partial charge on any atom is -0.609 e. The van der Waals surface area contributed by atoms with E-state index in [4.69, 9.17) is 12.2 Å². The third-order valence-corrected chi connectivity index (χ3v) is 6.50. The highest BCUT2D eigenvalue weighted by molar-refractivity contribution is 8.05. The van der Waals surface area contributed by atoms with E-state index in [1.54, 1.807) is 0 Å². The van der Waals surface area contributed by atoms with Gasteiger partial charge in [-0.05, 0) is 25.0 Å². The lowest BCUT2D eigenvalue weighted by Gasteiger charge is -2.25. The second kappa shape index (κ2) is 8.42. The minimum atomic E-state index is -1.29. The van der Waals surface area contributed by atoms with Gasteiger partial charge >= 0.3 is 5.17 Å². The van der Waals surface area contributed by atoms with Gasteiger partial charge in [-0.25, -0.2) is 0 Å². The lowest BCUT2D eigenvalue weighted by atomic mass is 9.93. The highest BCUT2D eigenvalue weighted by atomic mass is 32.2. The van der Waals surface area contributed by atoms with Crippen molar-refractivity contribution in [2.75, 3.05) is 18.5 Å². The fraction of sp³-hybridized carbons (Fsp3) is 0.333. The molecule has 0 radical (unpaired) electrons. The predicted octanol–water partition coefficient (Wildman–Crippen LogP) is 3.98. The van der Waals surface area contributed by atoms with E-state index in [0.29, 0.717) is 15.9 Å². The van der Waals surface area contributed by atoms with Crippen LogP contribution in [0.4, 0.5) is 5.69 Å². The Labute approximate surface area is 169 Å². The lowest BCUT2D eigenvalue weighted by molar-refractivity contribution is 0.593. The maximum atomic E-state index is 13.1. The number of nitrogens with zero attached hydrogens (tertiary/aromatic N) is 2. The molecule has 2 aromatic carbocycles. The molecule has 3 rings (SSSR count). The van der Waals surface area contributed by atoms with Crippen molar-refractivity contribution in [3.05, 3.63) is 65.7 Å². The molecule has 1 aliphatic rings. The minimum absolute atomic E-state index is 0.406. The molecule has 4 nitrogen and oxygen atoms in total. The summed E-state index contributed by atoms with van der Waals surface area (Å²) in [5, 5.41) is 3.78. The largest absolute Gasteiger partial charge is 0.609 e. The van der Waals surface area contributed by atoms with E-state index in [1.807, 2.05) is 55.5 Å². The second-order valence-electron chi connectivity index (χ2n) is 6.88. The topological polar surface area (TPSA) is 50.7 Å². The first kappa shape index (κ1) is 19.9. The molecule has 2 aromatic rings. The van der Waals surface area contributed by atoms with Gasteiger partial charge in [0.2, 0.25) is 0 Å². The van der Waals surface area contributed by atoms with Crippen LogP contribution in [0.5, 0.6) is 0 Å². The number of benzene rings is 2. The van der Waals surface area contributed by atoms with Gasteiger partial charge in [0, 0.05) is 36.0 Å². The Kier molecular flexibility index (Phi) is 6.19. The molecule has 2 atom stereocenters. The monoisotopic (exact) mass is 399 g/mol. The molecule has 0 aromatic heterocycles. The van der Waals surface area contributed by atoms with Gasteiger partial charge in [-0.2, -0.15) is 4.99 Å². The number of thiocarbonyl (C=S) groups is 1. The molecule has 0 bridgehead atoms. The fourth-order valence-electron chi connectivity index (χ4n) is 3.25. The number of anilines is 1. The number of hydrogen-bond acceptors (Lipinski definition) is 4. The van der Waals surface area contributed by atoms with Crippen molar-refractivity contribution in [1.29, 1.82) is 0 Å². The summed E-state index contributed by atoms with van der Waals surface area (Å²) >= 11 is 4.21. The number of amidine groups is 1. The number of aliphatic imine (C=N–C) groups is 1. The van der Waals surface area contributed by atoms with Gasteiger partial charge in [0.15, 0.2) is 0 Å². The van der Waals surface area contributed by atoms with Gasteiger partial charge in [-0.1, -0.05) is 67.7 Å². The van der Waals surface area contributed by atoms with Crippen LogP contribution < -0.4 is 10.2 Å². The summed E-state index contributed by atoms with van der Waals surface area (Å²) in [5.74, 6) is 0.406. The van der Waals surface area contributed by atoms with Gasteiger partial charge in [-0.15, -0.1) is 0 Å². The van der Waals surface area contributed by atoms with Crippen LogP contribution in [-0.4, -0.2) is 28.3 Å². The van der Waals surface area contributed by atoms with Crippen LogP contribution in [0.3, 0.4) is 0 Å². The number of para-hydroxylation sites is 1. The zero-order valence-corrected chi connectivity index (χ0v) is 17.6. The second-order valence-corrected chi connectivity index (χ2v) is 8.63. The standard InChI is InChI=1S/C21H25N3OS2/c1-4-14-24(3)18-13-9-8-10-16(18)15-27(25)20-22-19(26)21(2,23-20)17-11-6-5-7-12-17/h5-13H,4,14-15H2,1-3H3,(H,22,23,26). The molecule has 0 saturated heterocycles. The Hall–Kier alpha value is -1.89. The van der Waals surface area contributed by atoms with Gasteiger partial charge in [0.1, 0.15) is 16.3 Å². The molecule has 0 saturated carbocycles. The summed E-state index contributed by atoms with van der Waals surface area (Å²) in [4.78, 5) is 7.17. The highest BCUT2D eigenvalue weighted by Gasteiger charge is 2.42. The first-order chi connectivity index (χ1) is 13.0. The van der Waals surface area contributed by atoms with Crippen molar-refractivity contribution >= 4 is 39.2 Å². The van der Waals surface area contributed by atoms with Crippen molar-refractivity contribution in [3.8, 4) is 0 Å². The third kappa shape index (κ3) is 4.18. The average molecular weight is 400 g/mol. The van der Waals surface area contributed by atoms with Gasteiger partial charge in [0.25, 0.3) is 0 Å². The van der Waals surface area contributed by atoms with Crippen molar-refractivity contribution < 1.29 is 4.55 Å². The molecule has 2 unspecified atom stereocenters. The summed E-state index contributed by atoms with van der Waals surface area (Å²) in [6.07, 6.45) is 1.06. The third-order valence-electron chi connectivity index (χ3n) is 4.80. The van der Waals surface area contributed by atoms with Gasteiger partial charge in [-0.3, -0.25) is 0 Å². The van der Waals surface area contributed by atoms with Crippen LogP contribution in [-0.2, 0) is 22.5 Å². The molecule has 1 heterocycles. The SMILES string of the molecule is CCCN(C)c1ccccc1C[S+]([O-])C1=NC(=S)C(C)(c2ccccc2)N1. The highest BCUT2D eigenvalue weighted by Crippen LogP contribution is 2.30. The maximum Gasteiger partial charge on any atom is 0.318 e. The van der Waals surface area contributed by atoms with E-state index in [0.717, 1.165) is 29.8 Å². The summed E-state index contributed by atoms with van der Waals surface area (Å²) in [5.41, 5.74) is 2.59. The van der Waals surface area contributed by atoms with Crippen LogP contribution in [0.25, 0.3) is 0 Å². The Balaban J connectivity index is 1.78. The molecule has 0 aliphatic carbocycles. The maximum absolute atomic E-state index is 13.1. The van der Waals surface area contributed by atoms with Crippen molar-refractivity contribution in [3.63, 3.8) is 0 Å². The summed E-state index contributed by atoms with van der Waals surface area (Å²) in [6.45, 7) is 5.10. The molecular formula is C21H25N3OS2. The fourth-order valence-corrected chi connectivity index (χ4v) is 4.74. The summed E-state index contributed by atoms with van der Waals surface area (Å²) in [6, 6.07) is 18.0. The zero-order chi connectivity index (χ0) is 19.4. The van der Waals surface area contributed by atoms with E-state index < -0.39 is 16.7 Å². The van der Waals surface area contributed by atoms with Crippen molar-refractivity contribution in [2.24, 2.45) is 4.99 Å². The Morgan fingerprint density at radius 1 is 1.15 bits per heavy atom. The summed E-state index contributed by atoms with van der Waals surface area (Å²) in [7, 11) is 2.07. The van der Waals surface area contributed by atoms with E-state index in [2.05, 4.69) is 35.2 Å². The first-order valence-electron chi connectivity index (χ1n) is 9.10. The van der Waals surface area contributed by atoms with Crippen molar-refractivity contribution in [2.45, 2.75) is 31.6 Å². The zero-order valence-electron chi connectivity index (χ0n) is 15.9. The first-order valence-corrected chi connectivity index (χ1v) is 10.8. The van der Waals surface area contributed by atoms with E-state index in [1.165, 1.54) is 0 Å². The van der Waals surface area contributed by atoms with E-state index in [-0.39, 0.29) is 0 Å². The van der Waals surface area contributed by atoms with Gasteiger partial charge < -0.3 is 14.8 Å².